The van der Waals surface area contributed by atoms with Gasteiger partial charge in [0.05, 0.1) is 17.7 Å². The van der Waals surface area contributed by atoms with Crippen LogP contribution in [0.2, 0.25) is 0 Å². The van der Waals surface area contributed by atoms with E-state index in [0.717, 1.165) is 12.0 Å². The Hall–Kier alpha value is -1.59. The van der Waals surface area contributed by atoms with Gasteiger partial charge >= 0.3 is 7.12 Å². The average Bonchev–Trinajstić information content (AvgIpc) is 3.02. The van der Waals surface area contributed by atoms with Gasteiger partial charge in [-0.2, -0.15) is 5.10 Å². The molecule has 0 spiro atoms. The zero-order valence-electron chi connectivity index (χ0n) is 15.5. The van der Waals surface area contributed by atoms with Crippen LogP contribution in [0.15, 0.2) is 36.7 Å². The van der Waals surface area contributed by atoms with E-state index in [2.05, 4.69) is 70.9 Å². The lowest BCUT2D eigenvalue weighted by Crippen LogP contribution is -2.41. The summed E-state index contributed by atoms with van der Waals surface area (Å²) in [6, 6.07) is 8.73. The SMILES string of the molecule is CC(C)c1ccc(Cn2cc(B3OC(C)(C)C(C)(C)O3)cn2)cc1. The highest BCUT2D eigenvalue weighted by atomic mass is 16.7. The van der Waals surface area contributed by atoms with E-state index in [1.165, 1.54) is 11.1 Å². The first-order valence-corrected chi connectivity index (χ1v) is 8.65. The van der Waals surface area contributed by atoms with Gasteiger partial charge in [0.15, 0.2) is 0 Å². The summed E-state index contributed by atoms with van der Waals surface area (Å²) < 4.78 is 14.1. The molecule has 3 rings (SSSR count). The standard InChI is InChI=1S/C19H27BN2O2/c1-14(2)16-9-7-15(8-10-16)12-22-13-17(11-21-22)20-23-18(3,4)19(5,6)24-20/h7-11,13-14H,12H2,1-6H3. The van der Waals surface area contributed by atoms with E-state index >= 15 is 0 Å². The summed E-state index contributed by atoms with van der Waals surface area (Å²) in [5.74, 6) is 0.554. The molecule has 24 heavy (non-hydrogen) atoms. The molecule has 5 heteroatoms. The summed E-state index contributed by atoms with van der Waals surface area (Å²) in [5, 5.41) is 4.47. The fourth-order valence-corrected chi connectivity index (χ4v) is 2.76. The van der Waals surface area contributed by atoms with Crippen LogP contribution in [0.25, 0.3) is 0 Å². The lowest BCUT2D eigenvalue weighted by atomic mass is 9.82. The quantitative estimate of drug-likeness (QED) is 0.809. The molecule has 2 heterocycles. The Kier molecular flexibility index (Phi) is 4.35. The van der Waals surface area contributed by atoms with Gasteiger partial charge in [-0.15, -0.1) is 0 Å². The smallest absolute Gasteiger partial charge is 0.399 e. The van der Waals surface area contributed by atoms with Crippen molar-refractivity contribution in [2.75, 3.05) is 0 Å². The van der Waals surface area contributed by atoms with Crippen molar-refractivity contribution in [3.05, 3.63) is 47.8 Å². The van der Waals surface area contributed by atoms with E-state index in [9.17, 15) is 0 Å². The molecule has 1 aliphatic heterocycles. The van der Waals surface area contributed by atoms with Crippen LogP contribution in [-0.4, -0.2) is 28.1 Å². The van der Waals surface area contributed by atoms with Gasteiger partial charge in [0.2, 0.25) is 0 Å². The Bertz CT molecular complexity index is 688. The van der Waals surface area contributed by atoms with Crippen LogP contribution < -0.4 is 5.46 Å². The molecule has 128 valence electrons. The van der Waals surface area contributed by atoms with Crippen molar-refractivity contribution in [1.29, 1.82) is 0 Å². The van der Waals surface area contributed by atoms with Gasteiger partial charge in [0.25, 0.3) is 0 Å². The van der Waals surface area contributed by atoms with Crippen molar-refractivity contribution in [3.8, 4) is 0 Å². The molecule has 2 aromatic rings. The first-order valence-electron chi connectivity index (χ1n) is 8.65. The van der Waals surface area contributed by atoms with E-state index in [1.807, 2.05) is 17.1 Å². The van der Waals surface area contributed by atoms with Crippen LogP contribution in [0.1, 0.15) is 58.6 Å². The third-order valence-electron chi connectivity index (χ3n) is 5.17. The minimum absolute atomic E-state index is 0.327. The molecule has 4 nitrogen and oxygen atoms in total. The molecule has 1 aliphatic rings. The number of aromatic nitrogens is 2. The lowest BCUT2D eigenvalue weighted by molar-refractivity contribution is 0.00578. The van der Waals surface area contributed by atoms with Crippen LogP contribution in [0, 0.1) is 0 Å². The topological polar surface area (TPSA) is 36.3 Å². The van der Waals surface area contributed by atoms with Gasteiger partial charge in [0, 0.05) is 17.9 Å². The molecule has 0 aliphatic carbocycles. The van der Waals surface area contributed by atoms with Gasteiger partial charge < -0.3 is 9.31 Å². The first-order chi connectivity index (χ1) is 11.2. The predicted octanol–water partition coefficient (Wildman–Crippen LogP) is 3.35. The monoisotopic (exact) mass is 326 g/mol. The minimum atomic E-state index is -0.355. The summed E-state index contributed by atoms with van der Waals surface area (Å²) in [7, 11) is -0.355. The molecule has 0 amide bonds. The van der Waals surface area contributed by atoms with Gasteiger partial charge in [-0.25, -0.2) is 0 Å². The molecular formula is C19H27BN2O2. The highest BCUT2D eigenvalue weighted by molar-refractivity contribution is 6.61. The largest absolute Gasteiger partial charge is 0.498 e. The van der Waals surface area contributed by atoms with Crippen molar-refractivity contribution in [2.24, 2.45) is 0 Å². The average molecular weight is 326 g/mol. The Balaban J connectivity index is 1.70. The van der Waals surface area contributed by atoms with E-state index in [4.69, 9.17) is 9.31 Å². The molecule has 0 bridgehead atoms. The lowest BCUT2D eigenvalue weighted by Gasteiger charge is -2.32. The molecule has 1 fully saturated rings. The van der Waals surface area contributed by atoms with Gasteiger partial charge in [-0.05, 0) is 44.7 Å². The van der Waals surface area contributed by atoms with Crippen LogP contribution in [0.5, 0.6) is 0 Å². The molecule has 0 atom stereocenters. The highest BCUT2D eigenvalue weighted by Crippen LogP contribution is 2.36. The maximum atomic E-state index is 6.08. The molecule has 0 unspecified atom stereocenters. The fourth-order valence-electron chi connectivity index (χ4n) is 2.76. The van der Waals surface area contributed by atoms with E-state index < -0.39 is 0 Å². The van der Waals surface area contributed by atoms with Crippen LogP contribution in [0.3, 0.4) is 0 Å². The Morgan fingerprint density at radius 3 is 2.17 bits per heavy atom. The van der Waals surface area contributed by atoms with E-state index in [-0.39, 0.29) is 18.3 Å². The van der Waals surface area contributed by atoms with E-state index in [0.29, 0.717) is 5.92 Å². The zero-order chi connectivity index (χ0) is 17.5. The van der Waals surface area contributed by atoms with Crippen molar-refractivity contribution in [1.82, 2.24) is 9.78 Å². The number of hydrogen-bond donors (Lipinski definition) is 0. The zero-order valence-corrected chi connectivity index (χ0v) is 15.5. The number of rotatable bonds is 4. The number of hydrogen-bond acceptors (Lipinski definition) is 3. The Labute approximate surface area is 145 Å². The van der Waals surface area contributed by atoms with Crippen molar-refractivity contribution >= 4 is 12.6 Å². The minimum Gasteiger partial charge on any atom is -0.399 e. The molecule has 0 saturated carbocycles. The maximum Gasteiger partial charge on any atom is 0.498 e. The third kappa shape index (κ3) is 3.28. The molecule has 1 aromatic carbocycles. The third-order valence-corrected chi connectivity index (χ3v) is 5.17. The van der Waals surface area contributed by atoms with Gasteiger partial charge in [-0.1, -0.05) is 38.1 Å². The summed E-state index contributed by atoms with van der Waals surface area (Å²) in [5.41, 5.74) is 2.91. The van der Waals surface area contributed by atoms with Gasteiger partial charge in [0.1, 0.15) is 0 Å². The maximum absolute atomic E-state index is 6.08. The second kappa shape index (κ2) is 6.05. The molecule has 0 N–H and O–H groups in total. The fraction of sp³-hybridized carbons (Fsp3) is 0.526. The first kappa shape index (κ1) is 17.2. The summed E-state index contributed by atoms with van der Waals surface area (Å²) in [6.45, 7) is 13.4. The highest BCUT2D eigenvalue weighted by Gasteiger charge is 2.52. The van der Waals surface area contributed by atoms with Crippen LogP contribution >= 0.6 is 0 Å². The summed E-state index contributed by atoms with van der Waals surface area (Å²) >= 11 is 0. The normalized spacial score (nSPS) is 19.2. The number of benzene rings is 1. The van der Waals surface area contributed by atoms with E-state index in [1.54, 1.807) is 0 Å². The molecular weight excluding hydrogens is 299 g/mol. The second-order valence-corrected chi connectivity index (χ2v) is 7.96. The Morgan fingerprint density at radius 1 is 1.04 bits per heavy atom. The molecule has 1 saturated heterocycles. The van der Waals surface area contributed by atoms with Crippen molar-refractivity contribution in [2.45, 2.75) is 65.2 Å². The van der Waals surface area contributed by atoms with Crippen molar-refractivity contribution < 1.29 is 9.31 Å². The summed E-state index contributed by atoms with van der Waals surface area (Å²) in [4.78, 5) is 0. The molecule has 0 radical (unpaired) electrons. The summed E-state index contributed by atoms with van der Waals surface area (Å²) in [6.07, 6.45) is 3.85. The molecule has 1 aromatic heterocycles. The second-order valence-electron chi connectivity index (χ2n) is 7.96. The van der Waals surface area contributed by atoms with Gasteiger partial charge in [-0.3, -0.25) is 4.68 Å². The Morgan fingerprint density at radius 2 is 1.62 bits per heavy atom. The predicted molar refractivity (Wildman–Crippen MR) is 97.6 cm³/mol. The van der Waals surface area contributed by atoms with Crippen molar-refractivity contribution in [3.63, 3.8) is 0 Å². The van der Waals surface area contributed by atoms with Crippen LogP contribution in [-0.2, 0) is 15.9 Å². The number of nitrogens with zero attached hydrogens (tertiary/aromatic N) is 2. The van der Waals surface area contributed by atoms with Crippen LogP contribution in [0.4, 0.5) is 0 Å².